The Balaban J connectivity index is 1.43. The number of amides is 1. The van der Waals surface area contributed by atoms with Gasteiger partial charge < -0.3 is 10.3 Å². The summed E-state index contributed by atoms with van der Waals surface area (Å²) < 4.78 is 13.6. The largest absolute Gasteiger partial charge is 0.352 e. The molecule has 7 heteroatoms. The van der Waals surface area contributed by atoms with Gasteiger partial charge in [-0.05, 0) is 26.0 Å². The molecule has 1 aromatic heterocycles. The molecule has 25 heavy (non-hydrogen) atoms. The van der Waals surface area contributed by atoms with Crippen molar-refractivity contribution in [2.75, 3.05) is 13.6 Å². The van der Waals surface area contributed by atoms with E-state index in [1.807, 2.05) is 0 Å². The van der Waals surface area contributed by atoms with Crippen molar-refractivity contribution < 1.29 is 9.18 Å². The summed E-state index contributed by atoms with van der Waals surface area (Å²) in [6, 6.07) is 8.16. The average Bonchev–Trinajstić information content (AvgIpc) is 2.52. The van der Waals surface area contributed by atoms with Crippen molar-refractivity contribution in [3.05, 3.63) is 64.1 Å². The Labute approximate surface area is 145 Å². The molecule has 0 atom stereocenters. The third-order valence-corrected chi connectivity index (χ3v) is 4.43. The average molecular weight is 344 g/mol. The summed E-state index contributed by atoms with van der Waals surface area (Å²) in [5, 5.41) is 2.97. The van der Waals surface area contributed by atoms with Crippen molar-refractivity contribution in [1.82, 2.24) is 20.2 Å². The Morgan fingerprint density at radius 1 is 1.40 bits per heavy atom. The lowest BCUT2D eigenvalue weighted by Gasteiger charge is -2.35. The van der Waals surface area contributed by atoms with Gasteiger partial charge in [-0.1, -0.05) is 18.2 Å². The first-order valence-electron chi connectivity index (χ1n) is 8.27. The molecule has 0 aliphatic heterocycles. The quantitative estimate of drug-likeness (QED) is 0.830. The number of aromatic nitrogens is 2. The summed E-state index contributed by atoms with van der Waals surface area (Å²) >= 11 is 0. The maximum Gasteiger partial charge on any atom is 0.250 e. The normalized spacial score (nSPS) is 19.5. The van der Waals surface area contributed by atoms with Crippen LogP contribution in [0.3, 0.4) is 0 Å². The second kappa shape index (κ2) is 7.57. The van der Waals surface area contributed by atoms with E-state index < -0.39 is 0 Å². The zero-order valence-electron chi connectivity index (χ0n) is 14.0. The van der Waals surface area contributed by atoms with Crippen LogP contribution in [0, 0.1) is 5.82 Å². The molecule has 0 bridgehead atoms. The number of nitrogens with one attached hydrogen (secondary N) is 2. The summed E-state index contributed by atoms with van der Waals surface area (Å²) in [5.41, 5.74) is 1.18. The molecular formula is C18H21FN4O2. The molecule has 1 saturated carbocycles. The maximum absolute atomic E-state index is 13.6. The lowest BCUT2D eigenvalue weighted by molar-refractivity contribution is -0.123. The van der Waals surface area contributed by atoms with Crippen LogP contribution in [0.5, 0.6) is 0 Å². The molecule has 2 aromatic rings. The first-order valence-corrected chi connectivity index (χ1v) is 8.27. The Bertz CT molecular complexity index is 801. The smallest absolute Gasteiger partial charge is 0.250 e. The minimum Gasteiger partial charge on any atom is -0.352 e. The van der Waals surface area contributed by atoms with Gasteiger partial charge in [-0.15, -0.1) is 0 Å². The lowest BCUT2D eigenvalue weighted by Crippen LogP contribution is -2.46. The highest BCUT2D eigenvalue weighted by Crippen LogP contribution is 2.35. The van der Waals surface area contributed by atoms with Crippen molar-refractivity contribution in [2.45, 2.75) is 31.3 Å². The number of benzene rings is 1. The van der Waals surface area contributed by atoms with E-state index in [1.165, 1.54) is 18.5 Å². The van der Waals surface area contributed by atoms with Gasteiger partial charge in [-0.25, -0.2) is 9.37 Å². The molecular weight excluding hydrogens is 323 g/mol. The van der Waals surface area contributed by atoms with E-state index in [0.717, 1.165) is 18.5 Å². The highest BCUT2D eigenvalue weighted by atomic mass is 19.1. The number of halogens is 1. The van der Waals surface area contributed by atoms with E-state index in [0.29, 0.717) is 12.1 Å². The van der Waals surface area contributed by atoms with Crippen LogP contribution < -0.4 is 10.9 Å². The van der Waals surface area contributed by atoms with E-state index in [9.17, 15) is 14.0 Å². The fourth-order valence-corrected chi connectivity index (χ4v) is 3.08. The van der Waals surface area contributed by atoms with Crippen molar-refractivity contribution in [2.24, 2.45) is 0 Å². The second-order valence-electron chi connectivity index (χ2n) is 6.53. The molecule has 0 saturated heterocycles. The van der Waals surface area contributed by atoms with Gasteiger partial charge in [0, 0.05) is 30.1 Å². The van der Waals surface area contributed by atoms with E-state index >= 15 is 0 Å². The predicted molar refractivity (Wildman–Crippen MR) is 91.5 cm³/mol. The van der Waals surface area contributed by atoms with Crippen LogP contribution in [-0.2, 0) is 11.3 Å². The third-order valence-electron chi connectivity index (χ3n) is 4.43. The number of hydrogen-bond donors (Lipinski definition) is 2. The molecule has 1 amide bonds. The van der Waals surface area contributed by atoms with Crippen molar-refractivity contribution in [3.8, 4) is 0 Å². The van der Waals surface area contributed by atoms with E-state index in [4.69, 9.17) is 0 Å². The fraction of sp³-hybridized carbons (Fsp3) is 0.389. The van der Waals surface area contributed by atoms with Crippen molar-refractivity contribution in [3.63, 3.8) is 0 Å². The van der Waals surface area contributed by atoms with Gasteiger partial charge in [0.1, 0.15) is 5.82 Å². The summed E-state index contributed by atoms with van der Waals surface area (Å²) in [7, 11) is 1.79. The topological polar surface area (TPSA) is 78.1 Å². The molecule has 0 unspecified atom stereocenters. The number of rotatable bonds is 6. The summed E-state index contributed by atoms with van der Waals surface area (Å²) in [4.78, 5) is 31.8. The molecule has 132 valence electrons. The van der Waals surface area contributed by atoms with Crippen LogP contribution in [0.4, 0.5) is 4.39 Å². The molecule has 3 rings (SSSR count). The molecule has 1 heterocycles. The van der Waals surface area contributed by atoms with Gasteiger partial charge >= 0.3 is 0 Å². The van der Waals surface area contributed by atoms with Gasteiger partial charge in [-0.2, -0.15) is 0 Å². The zero-order valence-corrected chi connectivity index (χ0v) is 14.0. The number of likely N-dealkylation sites (N-methyl/N-ethyl adjacent to an activating group) is 1. The van der Waals surface area contributed by atoms with Crippen molar-refractivity contribution >= 4 is 5.91 Å². The standard InChI is InChI=1S/C18H21FN4O2/c1-23(9-12-4-2-3-5-15(12)19)10-18(25)22-14-6-13(7-14)16-8-17(24)21-11-20-16/h2-5,8,11,13-14H,6-7,9-10H2,1H3,(H,22,25)(H,20,21,24). The first kappa shape index (κ1) is 17.3. The third kappa shape index (κ3) is 4.51. The minimum absolute atomic E-state index is 0.0823. The second-order valence-corrected chi connectivity index (χ2v) is 6.53. The van der Waals surface area contributed by atoms with Crippen LogP contribution in [0.25, 0.3) is 0 Å². The number of H-pyrrole nitrogens is 1. The molecule has 2 N–H and O–H groups in total. The Kier molecular flexibility index (Phi) is 5.23. The maximum atomic E-state index is 13.6. The zero-order chi connectivity index (χ0) is 17.8. The Hall–Kier alpha value is -2.54. The molecule has 0 radical (unpaired) electrons. The summed E-state index contributed by atoms with van der Waals surface area (Å²) in [6.45, 7) is 0.586. The van der Waals surface area contributed by atoms with Crippen LogP contribution in [0.15, 0.2) is 41.5 Å². The lowest BCUT2D eigenvalue weighted by atomic mass is 9.78. The van der Waals surface area contributed by atoms with Gasteiger partial charge in [0.05, 0.1) is 18.6 Å². The fourth-order valence-electron chi connectivity index (χ4n) is 3.08. The number of nitrogens with zero attached hydrogens (tertiary/aromatic N) is 2. The number of carbonyl (C=O) groups excluding carboxylic acids is 1. The summed E-state index contributed by atoms with van der Waals surface area (Å²) in [5.74, 6) is -0.133. The molecule has 6 nitrogen and oxygen atoms in total. The van der Waals surface area contributed by atoms with Gasteiger partial charge in [0.2, 0.25) is 5.91 Å². The first-order chi connectivity index (χ1) is 12.0. The van der Waals surface area contributed by atoms with E-state index in [1.54, 1.807) is 30.1 Å². The highest BCUT2D eigenvalue weighted by Gasteiger charge is 2.32. The number of carbonyl (C=O) groups is 1. The predicted octanol–water partition coefficient (Wildman–Crippen LogP) is 1.40. The number of hydrogen-bond acceptors (Lipinski definition) is 4. The molecule has 1 aliphatic rings. The SMILES string of the molecule is CN(CC(=O)NC1CC(c2cc(=O)[nH]cn2)C1)Cc1ccccc1F. The van der Waals surface area contributed by atoms with Crippen LogP contribution in [0.1, 0.15) is 30.0 Å². The Morgan fingerprint density at radius 3 is 2.88 bits per heavy atom. The van der Waals surface area contributed by atoms with Crippen LogP contribution in [-0.4, -0.2) is 40.4 Å². The van der Waals surface area contributed by atoms with Crippen LogP contribution >= 0.6 is 0 Å². The van der Waals surface area contributed by atoms with E-state index in [2.05, 4.69) is 15.3 Å². The molecule has 1 aliphatic carbocycles. The molecule has 1 fully saturated rings. The highest BCUT2D eigenvalue weighted by molar-refractivity contribution is 5.78. The molecule has 1 aromatic carbocycles. The summed E-state index contributed by atoms with van der Waals surface area (Å²) in [6.07, 6.45) is 2.96. The minimum atomic E-state index is -0.262. The number of aromatic amines is 1. The van der Waals surface area contributed by atoms with Gasteiger partial charge in [0.15, 0.2) is 0 Å². The van der Waals surface area contributed by atoms with Gasteiger partial charge in [0.25, 0.3) is 5.56 Å². The van der Waals surface area contributed by atoms with Gasteiger partial charge in [-0.3, -0.25) is 14.5 Å². The van der Waals surface area contributed by atoms with E-state index in [-0.39, 0.29) is 35.8 Å². The molecule has 0 spiro atoms. The Morgan fingerprint density at radius 2 is 2.16 bits per heavy atom. The monoisotopic (exact) mass is 344 g/mol. The van der Waals surface area contributed by atoms with Crippen LogP contribution in [0.2, 0.25) is 0 Å². The van der Waals surface area contributed by atoms with Crippen molar-refractivity contribution in [1.29, 1.82) is 0 Å².